The van der Waals surface area contributed by atoms with Crippen molar-refractivity contribution < 1.29 is 35.1 Å². The molecule has 0 aliphatic carbocycles. The Morgan fingerprint density at radius 2 is 0.952 bits per heavy atom. The number of halogens is 2. The van der Waals surface area contributed by atoms with Crippen LogP contribution in [-0.2, 0) is 26.2 Å². The minimum atomic E-state index is -0.222. The topological polar surface area (TPSA) is 32.6 Å². The largest absolute Gasteiger partial charge is 3.00 e. The van der Waals surface area contributed by atoms with Gasteiger partial charge in [0.1, 0.15) is 4.84 Å². The molecule has 0 unspecified atom stereocenters. The predicted molar refractivity (Wildman–Crippen MR) is 186 cm³/mol. The zero-order valence-electron chi connectivity index (χ0n) is 27.2. The molecular weight excluding hydrogens is 673 g/mol. The molecule has 4 aromatic rings. The molecule has 0 fully saturated rings. The predicted octanol–water partition coefficient (Wildman–Crippen LogP) is 11.2. The third-order valence-corrected chi connectivity index (χ3v) is 9.82. The molecule has 0 aliphatic heterocycles. The monoisotopic (exact) mass is 718 g/mol. The molecule has 0 amide bonds. The van der Waals surface area contributed by atoms with E-state index in [1.165, 1.54) is 21.5 Å². The molecule has 0 aromatic heterocycles. The Bertz CT molecular complexity index is 1110. The van der Waals surface area contributed by atoms with Gasteiger partial charge in [-0.3, -0.25) is 0 Å². The maximum atomic E-state index is 5.94. The van der Waals surface area contributed by atoms with E-state index in [9.17, 15) is 0 Å². The second-order valence-corrected chi connectivity index (χ2v) is 16.7. The zero-order valence-corrected chi connectivity index (χ0v) is 33.1. The van der Waals surface area contributed by atoms with Crippen molar-refractivity contribution in [1.29, 1.82) is 0 Å². The van der Waals surface area contributed by atoms with Gasteiger partial charge in [0.2, 0.25) is 0 Å². The summed E-state index contributed by atoms with van der Waals surface area (Å²) in [4.78, 5) is -0.222. The summed E-state index contributed by atoms with van der Waals surface area (Å²) in [6.45, 7) is 19.7. The Kier molecular flexibility index (Phi) is 19.8. The number of benzene rings is 2. The van der Waals surface area contributed by atoms with Crippen LogP contribution >= 0.6 is 23.2 Å². The van der Waals surface area contributed by atoms with Crippen LogP contribution in [0.5, 0.6) is 11.5 Å². The molecular formula is C34H48Cl2NO2Si2Zr. The first-order chi connectivity index (χ1) is 19.1. The number of rotatable bonds is 8. The van der Waals surface area contributed by atoms with Crippen molar-refractivity contribution in [3.8, 4) is 11.5 Å². The van der Waals surface area contributed by atoms with Crippen LogP contribution in [0, 0.1) is 11.8 Å². The molecule has 4 aromatic carbocycles. The van der Waals surface area contributed by atoms with Gasteiger partial charge in [-0.15, -0.1) is 105 Å². The minimum absolute atomic E-state index is 0. The second-order valence-electron chi connectivity index (χ2n) is 11.8. The van der Waals surface area contributed by atoms with Crippen molar-refractivity contribution >= 4 is 64.3 Å². The average molecular weight is 721 g/mol. The Hall–Kier alpha value is -0.883. The summed E-state index contributed by atoms with van der Waals surface area (Å²) in [7, 11) is 4.50. The Morgan fingerprint density at radius 1 is 0.667 bits per heavy atom. The van der Waals surface area contributed by atoms with Crippen LogP contribution in [0.2, 0.25) is 10.1 Å². The third-order valence-electron chi connectivity index (χ3n) is 6.93. The molecule has 0 atom stereocenters. The van der Waals surface area contributed by atoms with Crippen LogP contribution in [0.15, 0.2) is 72.8 Å². The van der Waals surface area contributed by atoms with Gasteiger partial charge in [0, 0.05) is 11.5 Å². The van der Waals surface area contributed by atoms with Crippen molar-refractivity contribution in [3.63, 3.8) is 0 Å². The quantitative estimate of drug-likeness (QED) is 0.103. The van der Waals surface area contributed by atoms with Gasteiger partial charge >= 0.3 is 45.7 Å². The standard InChI is InChI=1S/2C15H19OSi.C2H4Cl2.C2H6N.Zr/c2*1-11(2)15(3,4)17-16-14-9-12-7-5-6-8-13(12)10-14;1-2(3)4;1-3-2;/h2*5-11H,1-4H3;2H,1H3;1-2H3;/q2*-1;;-1;+3. The third kappa shape index (κ3) is 15.2. The van der Waals surface area contributed by atoms with E-state index in [0.29, 0.717) is 31.4 Å². The molecule has 42 heavy (non-hydrogen) atoms. The van der Waals surface area contributed by atoms with Crippen LogP contribution in [0.4, 0.5) is 0 Å². The summed E-state index contributed by atoms with van der Waals surface area (Å²) in [5.41, 5.74) is 0. The van der Waals surface area contributed by atoms with E-state index in [1.54, 1.807) is 21.0 Å². The summed E-state index contributed by atoms with van der Waals surface area (Å²) < 4.78 is 11.9. The molecule has 0 N–H and O–H groups in total. The first-order valence-corrected chi connectivity index (χ1v) is 16.8. The fourth-order valence-electron chi connectivity index (χ4n) is 2.98. The molecule has 0 aliphatic rings. The summed E-state index contributed by atoms with van der Waals surface area (Å²) in [5, 5.41) is 9.01. The van der Waals surface area contributed by atoms with Crippen molar-refractivity contribution in [2.24, 2.45) is 11.8 Å². The van der Waals surface area contributed by atoms with Crippen molar-refractivity contribution in [1.82, 2.24) is 0 Å². The van der Waals surface area contributed by atoms with Gasteiger partial charge in [0.25, 0.3) is 0 Å². The van der Waals surface area contributed by atoms with Gasteiger partial charge in [-0.1, -0.05) is 67.5 Å². The van der Waals surface area contributed by atoms with Crippen LogP contribution in [-0.4, -0.2) is 38.5 Å². The van der Waals surface area contributed by atoms with Crippen molar-refractivity contribution in [2.45, 2.75) is 77.2 Å². The first-order valence-electron chi connectivity index (χ1n) is 14.1. The van der Waals surface area contributed by atoms with Gasteiger partial charge in [0.15, 0.2) is 0 Å². The molecule has 3 nitrogen and oxygen atoms in total. The Balaban J connectivity index is 0.000000644. The van der Waals surface area contributed by atoms with E-state index >= 15 is 0 Å². The molecule has 0 saturated heterocycles. The van der Waals surface area contributed by atoms with Gasteiger partial charge in [-0.25, -0.2) is 0 Å². The molecule has 0 heterocycles. The summed E-state index contributed by atoms with van der Waals surface area (Å²) >= 11 is 10.1. The van der Waals surface area contributed by atoms with Gasteiger partial charge in [-0.05, 0) is 28.8 Å². The van der Waals surface area contributed by atoms with Crippen LogP contribution in [0.25, 0.3) is 26.9 Å². The van der Waals surface area contributed by atoms with E-state index in [-0.39, 0.29) is 41.1 Å². The molecule has 4 rings (SSSR count). The molecule has 227 valence electrons. The van der Waals surface area contributed by atoms with Gasteiger partial charge in [0.05, 0.1) is 0 Å². The molecule has 5 radical (unpaired) electrons. The second kappa shape index (κ2) is 20.2. The van der Waals surface area contributed by atoms with E-state index < -0.39 is 0 Å². The summed E-state index contributed by atoms with van der Waals surface area (Å²) in [6.07, 6.45) is 0. The molecule has 0 bridgehead atoms. The average Bonchev–Trinajstić information content (AvgIpc) is 3.50. The fourth-order valence-corrected chi connectivity index (χ4v) is 4.45. The fraction of sp³-hybridized carbons (Fsp3) is 0.471. The van der Waals surface area contributed by atoms with Gasteiger partial charge in [-0.2, -0.15) is 14.1 Å². The van der Waals surface area contributed by atoms with Crippen molar-refractivity contribution in [3.05, 3.63) is 78.1 Å². The Labute approximate surface area is 290 Å². The summed E-state index contributed by atoms with van der Waals surface area (Å²) in [6, 6.07) is 25.2. The molecule has 0 saturated carbocycles. The normalized spacial score (nSPS) is 11.2. The number of alkyl halides is 2. The van der Waals surface area contributed by atoms with Crippen LogP contribution in [0.1, 0.15) is 62.3 Å². The van der Waals surface area contributed by atoms with E-state index in [4.69, 9.17) is 32.1 Å². The maximum Gasteiger partial charge on any atom is 3.00 e. The molecule has 8 heteroatoms. The van der Waals surface area contributed by atoms with E-state index in [0.717, 1.165) is 11.5 Å². The molecule has 0 spiro atoms. The zero-order chi connectivity index (χ0) is 31.2. The minimum Gasteiger partial charge on any atom is -0.668 e. The first kappa shape index (κ1) is 41.1. The summed E-state index contributed by atoms with van der Waals surface area (Å²) in [5.74, 6) is 3.26. The SMILES string of the molecule is CC(C)C(C)(C)[Si]Oc1cc2ccccc2[cH-]1.CC(C)C(C)(C)[Si]Oc1cc2ccccc2[cH-]1.CC(Cl)Cl.C[N-]C.[Zr+3]. The maximum absolute atomic E-state index is 5.94. The number of nitrogens with zero attached hydrogens (tertiary/aromatic N) is 1. The van der Waals surface area contributed by atoms with Crippen LogP contribution in [0.3, 0.4) is 0 Å². The number of hydrogen-bond donors (Lipinski definition) is 0. The van der Waals surface area contributed by atoms with E-state index in [1.807, 2.05) is 0 Å². The Morgan fingerprint density at radius 3 is 1.21 bits per heavy atom. The number of hydrogen-bond acceptors (Lipinski definition) is 2. The van der Waals surface area contributed by atoms with Gasteiger partial charge < -0.3 is 14.2 Å². The van der Waals surface area contributed by atoms with Crippen molar-refractivity contribution in [2.75, 3.05) is 14.1 Å². The van der Waals surface area contributed by atoms with Crippen LogP contribution < -0.4 is 8.85 Å². The van der Waals surface area contributed by atoms with E-state index in [2.05, 4.69) is 134 Å². The number of fused-ring (bicyclic) bond motifs is 2. The smallest absolute Gasteiger partial charge is 0.668 e.